The van der Waals surface area contributed by atoms with E-state index in [1.165, 1.54) is 0 Å². The topological polar surface area (TPSA) is 59.6 Å². The number of rotatable bonds is 5. The minimum absolute atomic E-state index is 0.00808. The second kappa shape index (κ2) is 5.61. The molecule has 5 heteroatoms. The molecule has 2 fully saturated rings. The van der Waals surface area contributed by atoms with Gasteiger partial charge in [0.15, 0.2) is 0 Å². The Bertz CT molecular complexity index is 237. The van der Waals surface area contributed by atoms with Crippen molar-refractivity contribution in [3.63, 3.8) is 0 Å². The van der Waals surface area contributed by atoms with Crippen molar-refractivity contribution in [3.8, 4) is 0 Å². The molecule has 1 heterocycles. The molecule has 0 radical (unpaired) electrons. The van der Waals surface area contributed by atoms with Crippen LogP contribution in [0, 0.1) is 0 Å². The first-order valence-corrected chi connectivity index (χ1v) is 6.00. The van der Waals surface area contributed by atoms with Crippen LogP contribution < -0.4 is 10.6 Å². The Morgan fingerprint density at radius 2 is 2.44 bits per heavy atom. The maximum Gasteiger partial charge on any atom is 0.249 e. The van der Waals surface area contributed by atoms with E-state index in [-0.39, 0.29) is 18.1 Å². The lowest BCUT2D eigenvalue weighted by atomic mass is 10.3. The van der Waals surface area contributed by atoms with Gasteiger partial charge in [-0.25, -0.2) is 0 Å². The highest BCUT2D eigenvalue weighted by Crippen LogP contribution is 2.18. The summed E-state index contributed by atoms with van der Waals surface area (Å²) in [5.41, 5.74) is 0. The van der Waals surface area contributed by atoms with Gasteiger partial charge in [0.1, 0.15) is 6.10 Å². The minimum atomic E-state index is -0.383. The van der Waals surface area contributed by atoms with Crippen LogP contribution in [0.3, 0.4) is 0 Å². The third kappa shape index (κ3) is 3.73. The zero-order valence-corrected chi connectivity index (χ0v) is 9.70. The quantitative estimate of drug-likeness (QED) is 0.676. The Balaban J connectivity index is 1.61. The Morgan fingerprint density at radius 3 is 3.06 bits per heavy atom. The zero-order valence-electron chi connectivity index (χ0n) is 9.70. The fourth-order valence-electron chi connectivity index (χ4n) is 1.60. The van der Waals surface area contributed by atoms with Crippen LogP contribution in [-0.2, 0) is 14.3 Å². The summed E-state index contributed by atoms with van der Waals surface area (Å²) < 4.78 is 11.0. The predicted octanol–water partition coefficient (Wildman–Crippen LogP) is -0.341. The molecule has 1 aliphatic carbocycles. The lowest BCUT2D eigenvalue weighted by Gasteiger charge is -2.24. The summed E-state index contributed by atoms with van der Waals surface area (Å²) in [6.45, 7) is 4.68. The fraction of sp³-hybridized carbons (Fsp3) is 0.909. The SMILES string of the molecule is CC(OCC1CNCCO1)C(=O)NC1CC1. The summed E-state index contributed by atoms with van der Waals surface area (Å²) in [4.78, 5) is 11.6. The monoisotopic (exact) mass is 228 g/mol. The number of carbonyl (C=O) groups is 1. The van der Waals surface area contributed by atoms with Crippen LogP contribution in [0.25, 0.3) is 0 Å². The Kier molecular flexibility index (Phi) is 4.15. The van der Waals surface area contributed by atoms with Crippen molar-refractivity contribution in [1.29, 1.82) is 0 Å². The van der Waals surface area contributed by atoms with E-state index in [9.17, 15) is 4.79 Å². The van der Waals surface area contributed by atoms with Gasteiger partial charge in [-0.1, -0.05) is 0 Å². The van der Waals surface area contributed by atoms with Gasteiger partial charge in [0.25, 0.3) is 0 Å². The molecule has 1 saturated carbocycles. The van der Waals surface area contributed by atoms with Crippen LogP contribution in [0.15, 0.2) is 0 Å². The Labute approximate surface area is 95.9 Å². The molecule has 92 valence electrons. The summed E-state index contributed by atoms with van der Waals surface area (Å²) in [5.74, 6) is -0.00808. The molecule has 2 N–H and O–H groups in total. The third-order valence-electron chi connectivity index (χ3n) is 2.83. The maximum atomic E-state index is 11.6. The molecule has 0 spiro atoms. The highest BCUT2D eigenvalue weighted by Gasteiger charge is 2.26. The number of hydrogen-bond acceptors (Lipinski definition) is 4. The van der Waals surface area contributed by atoms with E-state index in [0.717, 1.165) is 32.5 Å². The molecule has 5 nitrogen and oxygen atoms in total. The number of carbonyl (C=O) groups excluding carboxylic acids is 1. The molecule has 16 heavy (non-hydrogen) atoms. The average Bonchev–Trinajstić information content (AvgIpc) is 3.11. The van der Waals surface area contributed by atoms with Crippen LogP contribution in [0.5, 0.6) is 0 Å². The van der Waals surface area contributed by atoms with Crippen molar-refractivity contribution in [2.45, 2.75) is 38.0 Å². The van der Waals surface area contributed by atoms with Crippen molar-refractivity contribution >= 4 is 5.91 Å². The van der Waals surface area contributed by atoms with Gasteiger partial charge in [-0.15, -0.1) is 0 Å². The largest absolute Gasteiger partial charge is 0.373 e. The molecule has 2 rings (SSSR count). The van der Waals surface area contributed by atoms with Gasteiger partial charge in [-0.2, -0.15) is 0 Å². The van der Waals surface area contributed by atoms with E-state index in [1.807, 2.05) is 0 Å². The predicted molar refractivity (Wildman–Crippen MR) is 59.2 cm³/mol. The van der Waals surface area contributed by atoms with E-state index in [0.29, 0.717) is 12.6 Å². The number of nitrogens with one attached hydrogen (secondary N) is 2. The van der Waals surface area contributed by atoms with Crippen molar-refractivity contribution in [1.82, 2.24) is 10.6 Å². The van der Waals surface area contributed by atoms with Gasteiger partial charge in [0.2, 0.25) is 5.91 Å². The molecular weight excluding hydrogens is 208 g/mol. The number of amides is 1. The standard InChI is InChI=1S/C11H20N2O3/c1-8(11(14)13-9-2-3-9)16-7-10-6-12-4-5-15-10/h8-10,12H,2-7H2,1H3,(H,13,14). The van der Waals surface area contributed by atoms with Gasteiger partial charge in [0, 0.05) is 19.1 Å². The van der Waals surface area contributed by atoms with Gasteiger partial charge in [-0.05, 0) is 19.8 Å². The van der Waals surface area contributed by atoms with E-state index < -0.39 is 0 Å². The number of hydrogen-bond donors (Lipinski definition) is 2. The molecule has 0 aromatic rings. The normalized spacial score (nSPS) is 27.4. The fourth-order valence-corrected chi connectivity index (χ4v) is 1.60. The Morgan fingerprint density at radius 1 is 1.62 bits per heavy atom. The van der Waals surface area contributed by atoms with E-state index >= 15 is 0 Å². The first kappa shape index (κ1) is 11.8. The second-order valence-electron chi connectivity index (χ2n) is 4.46. The van der Waals surface area contributed by atoms with E-state index in [1.54, 1.807) is 6.92 Å². The Hall–Kier alpha value is -0.650. The molecule has 0 aromatic carbocycles. The molecule has 0 bridgehead atoms. The van der Waals surface area contributed by atoms with Gasteiger partial charge >= 0.3 is 0 Å². The molecule has 1 saturated heterocycles. The summed E-state index contributed by atoms with van der Waals surface area (Å²) in [6.07, 6.45) is 1.90. The maximum absolute atomic E-state index is 11.6. The summed E-state index contributed by atoms with van der Waals surface area (Å²) in [6, 6.07) is 0.395. The number of ether oxygens (including phenoxy) is 2. The van der Waals surface area contributed by atoms with Crippen LogP contribution in [0.2, 0.25) is 0 Å². The molecule has 1 aliphatic heterocycles. The van der Waals surface area contributed by atoms with E-state index in [2.05, 4.69) is 10.6 Å². The smallest absolute Gasteiger partial charge is 0.249 e. The van der Waals surface area contributed by atoms with Crippen molar-refractivity contribution < 1.29 is 14.3 Å². The molecule has 2 aliphatic rings. The second-order valence-corrected chi connectivity index (χ2v) is 4.46. The summed E-state index contributed by atoms with van der Waals surface area (Å²) in [7, 11) is 0. The first-order valence-electron chi connectivity index (χ1n) is 6.00. The van der Waals surface area contributed by atoms with Crippen molar-refractivity contribution in [2.75, 3.05) is 26.3 Å². The van der Waals surface area contributed by atoms with Crippen LogP contribution in [-0.4, -0.2) is 50.5 Å². The molecular formula is C11H20N2O3. The highest BCUT2D eigenvalue weighted by atomic mass is 16.5. The molecule has 1 amide bonds. The van der Waals surface area contributed by atoms with Crippen molar-refractivity contribution in [2.24, 2.45) is 0 Å². The highest BCUT2D eigenvalue weighted by molar-refractivity contribution is 5.80. The molecule has 2 atom stereocenters. The third-order valence-corrected chi connectivity index (χ3v) is 2.83. The molecule has 0 aromatic heterocycles. The van der Waals surface area contributed by atoms with Crippen molar-refractivity contribution in [3.05, 3.63) is 0 Å². The minimum Gasteiger partial charge on any atom is -0.373 e. The van der Waals surface area contributed by atoms with Crippen LogP contribution in [0.4, 0.5) is 0 Å². The zero-order chi connectivity index (χ0) is 11.4. The van der Waals surface area contributed by atoms with E-state index in [4.69, 9.17) is 9.47 Å². The lowest BCUT2D eigenvalue weighted by molar-refractivity contribution is -0.135. The summed E-state index contributed by atoms with van der Waals surface area (Å²) in [5, 5.41) is 6.15. The first-order chi connectivity index (χ1) is 7.75. The van der Waals surface area contributed by atoms with Gasteiger partial charge in [-0.3, -0.25) is 4.79 Å². The molecule has 2 unspecified atom stereocenters. The number of morpholine rings is 1. The average molecular weight is 228 g/mol. The van der Waals surface area contributed by atoms with Gasteiger partial charge < -0.3 is 20.1 Å². The van der Waals surface area contributed by atoms with Crippen LogP contribution >= 0.6 is 0 Å². The lowest BCUT2D eigenvalue weighted by Crippen LogP contribution is -2.43. The van der Waals surface area contributed by atoms with Crippen LogP contribution in [0.1, 0.15) is 19.8 Å². The van der Waals surface area contributed by atoms with Gasteiger partial charge in [0.05, 0.1) is 19.3 Å². The summed E-state index contributed by atoms with van der Waals surface area (Å²) >= 11 is 0.